The lowest BCUT2D eigenvalue weighted by Gasteiger charge is -2.44. The molecule has 5 heterocycles. The number of hydrogen-bond donors (Lipinski definition) is 29. The van der Waals surface area contributed by atoms with Crippen LogP contribution in [0.3, 0.4) is 0 Å². The number of aromatic hydroxyl groups is 29. The molecule has 10 atom stereocenters. The van der Waals surface area contributed by atoms with E-state index in [-0.39, 0.29) is 36.4 Å². The zero-order valence-electron chi connectivity index (χ0n) is 65.6. The van der Waals surface area contributed by atoms with Crippen molar-refractivity contribution >= 4 is 59.7 Å². The number of carbonyl (C=O) groups excluding carboxylic acids is 10. The third-order valence-corrected chi connectivity index (χ3v) is 21.0. The second kappa shape index (κ2) is 32.9. The largest absolute Gasteiger partial charge is 0.504 e. The van der Waals surface area contributed by atoms with Gasteiger partial charge in [-0.25, -0.2) is 47.9 Å². The number of carbonyl (C=O) groups is 10. The van der Waals surface area contributed by atoms with Crippen LogP contribution in [-0.2, 0) is 56.8 Å². The van der Waals surface area contributed by atoms with E-state index in [0.717, 1.165) is 0 Å². The van der Waals surface area contributed by atoms with Gasteiger partial charge in [0.05, 0.1) is 50.1 Å². The maximum absolute atomic E-state index is 15.8. The van der Waals surface area contributed by atoms with Crippen molar-refractivity contribution in [2.24, 2.45) is 0 Å². The molecule has 696 valence electrons. The minimum absolute atomic E-state index is 0.0556. The summed E-state index contributed by atoms with van der Waals surface area (Å²) in [6.45, 7) is -3.16. The quantitative estimate of drug-likeness (QED) is 0.0498. The topological polar surface area (TPSA) is 877 Å². The SMILES string of the molecule is O=C(OC[C@H]1O[C@@H](OC(=O)c2cc(O)c(O)c(O)c2)[C@@H]2OC(=O)c3cc(O)c(O)c(O)c3-c3c(cc(O)c(O)c3O)C(=O)O[C@H]2[C@@H]1OC(=O)c1cc(O)c(O)c(O)c1Oc1cc2c(c(O)c1O)-c1c(cc(O)c(O)c1O)C(=O)O[C@@H]1[C@@H](OC2=O)[C@H](OC(=O)c2cc(O)c(O)c(O)c2)O[C@@H]2COC(=O)c3cc(O)c(O)c(O)c3-c3c(cc(O)c(O)c3O)C(=O)O[C@@H]12)c1cc(O)c(O)c(O)c1. The third-order valence-electron chi connectivity index (χ3n) is 21.0. The Hall–Kier alpha value is -19.2. The Labute approximate surface area is 735 Å². The second-order valence-corrected chi connectivity index (χ2v) is 29.0. The first kappa shape index (κ1) is 89.6. The van der Waals surface area contributed by atoms with E-state index < -0.39 is 402 Å². The first-order valence-corrected chi connectivity index (χ1v) is 37.1. The minimum Gasteiger partial charge on any atom is -0.504 e. The van der Waals surface area contributed by atoms with Crippen LogP contribution >= 0.6 is 0 Å². The highest BCUT2D eigenvalue weighted by Crippen LogP contribution is 2.60. The van der Waals surface area contributed by atoms with Crippen molar-refractivity contribution in [3.63, 3.8) is 0 Å². The maximum Gasteiger partial charge on any atom is 0.342 e. The van der Waals surface area contributed by atoms with Gasteiger partial charge in [-0.1, -0.05) is 0 Å². The van der Waals surface area contributed by atoms with Crippen LogP contribution in [0.4, 0.5) is 0 Å². The molecule has 15 rings (SSSR count). The smallest absolute Gasteiger partial charge is 0.342 e. The molecule has 0 bridgehead atoms. The van der Waals surface area contributed by atoms with Crippen molar-refractivity contribution in [2.75, 3.05) is 13.2 Å². The summed E-state index contributed by atoms with van der Waals surface area (Å²) in [5.41, 5.74) is -20.9. The van der Waals surface area contributed by atoms with Crippen LogP contribution in [0.5, 0.6) is 178 Å². The Morgan fingerprint density at radius 1 is 0.276 bits per heavy atom. The second-order valence-electron chi connectivity index (χ2n) is 29.0. The number of phenols is 29. The lowest BCUT2D eigenvalue weighted by atomic mass is 9.90. The zero-order chi connectivity index (χ0) is 97.5. The molecule has 52 heteroatoms. The number of ether oxygens (including phenoxy) is 13. The molecule has 0 unspecified atom stereocenters. The summed E-state index contributed by atoms with van der Waals surface area (Å²) in [6, 6.07) is 3.96. The molecule has 10 aromatic rings. The van der Waals surface area contributed by atoms with Gasteiger partial charge in [0, 0.05) is 45.5 Å². The van der Waals surface area contributed by atoms with Gasteiger partial charge in [0.15, 0.2) is 157 Å². The van der Waals surface area contributed by atoms with Gasteiger partial charge in [-0.2, -0.15) is 0 Å². The van der Waals surface area contributed by atoms with E-state index in [1.165, 1.54) is 0 Å². The molecule has 0 amide bonds. The van der Waals surface area contributed by atoms with Crippen LogP contribution in [-0.4, -0.2) is 282 Å². The number of phenolic OH excluding ortho intramolecular Hbond substituents is 29. The van der Waals surface area contributed by atoms with Crippen LogP contribution in [0.25, 0.3) is 33.4 Å². The summed E-state index contributed by atoms with van der Waals surface area (Å²) < 4.78 is 74.6. The van der Waals surface area contributed by atoms with E-state index in [9.17, 15) is 167 Å². The van der Waals surface area contributed by atoms with E-state index in [0.29, 0.717) is 42.5 Å². The fourth-order valence-electron chi connectivity index (χ4n) is 14.5. The van der Waals surface area contributed by atoms with Gasteiger partial charge in [0.25, 0.3) is 0 Å². The summed E-state index contributed by atoms with van der Waals surface area (Å²) >= 11 is 0. The number of benzene rings is 10. The Bertz CT molecular complexity index is 6800. The standard InChI is InChI=1S/C82H56O52/c83-26-1-16(2-27(84)47(26)95)71(112)122-14-39-66(68-69(81(125-39)133-72(113)17-3-28(85)48(96)29(86)4-17)131-78(119)23-11-36(93)53(101)60(108)44(23)43-21(76(117)130-68)9-34(91)52(100)59(43)107)128-80(121)25-12-37(94)55(103)63(111)64(25)124-38-13-24-46(62(110)56(38)104)45-22(10-35(92)54(102)61(45)109)77(118)129-67-65-40(126-82(70(67)132-79(24)120)134-73(114)18-5-30(87)49(97)31(88)6-18)15-123-74(115)19-7-32(89)50(98)57(105)41(19)42-20(75(116)127-65)8-33(90)51(99)58(42)106/h1-13,39-40,65-70,81-111H,14-15H2/t39-,40-,65-,66-,67+,68+,69-,70-,81+,82+/m1/s1. The molecule has 0 aliphatic carbocycles. The summed E-state index contributed by atoms with van der Waals surface area (Å²) in [6.07, 6.45) is -28.7. The van der Waals surface area contributed by atoms with Crippen molar-refractivity contribution < 1.29 is 258 Å². The molecular formula is C82H56O52. The van der Waals surface area contributed by atoms with Gasteiger partial charge in [0.2, 0.25) is 70.8 Å². The molecule has 2 fully saturated rings. The van der Waals surface area contributed by atoms with Crippen LogP contribution < -0.4 is 4.74 Å². The summed E-state index contributed by atoms with van der Waals surface area (Å²) in [4.78, 5) is 150. The van der Waals surface area contributed by atoms with E-state index in [1.54, 1.807) is 0 Å². The Morgan fingerprint density at radius 2 is 0.567 bits per heavy atom. The van der Waals surface area contributed by atoms with Crippen LogP contribution in [0.2, 0.25) is 0 Å². The van der Waals surface area contributed by atoms with E-state index in [4.69, 9.17) is 61.6 Å². The van der Waals surface area contributed by atoms with E-state index in [1.807, 2.05) is 0 Å². The van der Waals surface area contributed by atoms with Gasteiger partial charge in [-0.15, -0.1) is 0 Å². The minimum atomic E-state index is -3.03. The molecule has 29 N–H and O–H groups in total. The lowest BCUT2D eigenvalue weighted by Crippen LogP contribution is -2.63. The molecule has 0 saturated carbocycles. The highest BCUT2D eigenvalue weighted by molar-refractivity contribution is 6.12. The molecular weight excluding hydrogens is 1820 g/mol. The molecule has 2 saturated heterocycles. The van der Waals surface area contributed by atoms with Crippen molar-refractivity contribution in [3.05, 3.63) is 134 Å². The first-order valence-electron chi connectivity index (χ1n) is 37.1. The van der Waals surface area contributed by atoms with Crippen molar-refractivity contribution in [1.29, 1.82) is 0 Å². The summed E-state index contributed by atoms with van der Waals surface area (Å²) in [5.74, 6) is -67.9. The molecule has 5 aliphatic heterocycles. The average molecular weight is 1870 g/mol. The van der Waals surface area contributed by atoms with Crippen molar-refractivity contribution in [3.8, 4) is 212 Å². The lowest BCUT2D eigenvalue weighted by molar-refractivity contribution is -0.283. The number of rotatable bonds is 11. The third kappa shape index (κ3) is 15.0. The van der Waals surface area contributed by atoms with Crippen LogP contribution in [0, 0.1) is 0 Å². The van der Waals surface area contributed by atoms with Gasteiger partial charge >= 0.3 is 59.7 Å². The molecule has 0 aromatic heterocycles. The zero-order valence-corrected chi connectivity index (χ0v) is 65.6. The molecule has 10 aromatic carbocycles. The molecule has 52 nitrogen and oxygen atoms in total. The first-order chi connectivity index (χ1) is 63.1. The van der Waals surface area contributed by atoms with Crippen LogP contribution in [0.15, 0.2) is 78.9 Å². The summed E-state index contributed by atoms with van der Waals surface area (Å²) in [7, 11) is 0. The highest BCUT2D eigenvalue weighted by Gasteiger charge is 2.59. The number of esters is 10. The molecule has 0 radical (unpaired) electrons. The van der Waals surface area contributed by atoms with Gasteiger partial charge in [-0.3, -0.25) is 0 Å². The highest BCUT2D eigenvalue weighted by atomic mass is 16.8. The fraction of sp³-hybridized carbons (Fsp3) is 0.146. The summed E-state index contributed by atoms with van der Waals surface area (Å²) in [5, 5.41) is 320. The number of hydrogen-bond acceptors (Lipinski definition) is 52. The monoisotopic (exact) mass is 1870 g/mol. The van der Waals surface area contributed by atoms with Gasteiger partial charge in [0.1, 0.15) is 31.0 Å². The number of fused-ring (bicyclic) bond motifs is 13. The van der Waals surface area contributed by atoms with Crippen molar-refractivity contribution in [2.45, 2.75) is 61.4 Å². The maximum atomic E-state index is 15.8. The van der Waals surface area contributed by atoms with Gasteiger partial charge < -0.3 is 210 Å². The van der Waals surface area contributed by atoms with Gasteiger partial charge in [-0.05, 0) is 66.7 Å². The molecule has 0 spiro atoms. The fourth-order valence-corrected chi connectivity index (χ4v) is 14.5. The number of cyclic esters (lactones) is 1. The van der Waals surface area contributed by atoms with E-state index >= 15 is 28.8 Å². The average Bonchev–Trinajstić information content (AvgIpc) is 0.816. The Balaban J connectivity index is 0.888. The van der Waals surface area contributed by atoms with Crippen molar-refractivity contribution in [1.82, 2.24) is 0 Å². The predicted octanol–water partition coefficient (Wildman–Crippen LogP) is 3.71. The Morgan fingerprint density at radius 3 is 0.948 bits per heavy atom. The molecule has 134 heavy (non-hydrogen) atoms. The predicted molar refractivity (Wildman–Crippen MR) is 414 cm³/mol. The van der Waals surface area contributed by atoms with Crippen LogP contribution in [0.1, 0.15) is 104 Å². The molecule has 5 aliphatic rings. The Kier molecular flexibility index (Phi) is 22.0. The normalized spacial score (nSPS) is 19.5. The van der Waals surface area contributed by atoms with E-state index in [2.05, 4.69) is 0 Å².